The van der Waals surface area contributed by atoms with Gasteiger partial charge in [0.2, 0.25) is 82.2 Å². The average molecular weight is 1300 g/mol. The first-order valence-corrected chi connectivity index (χ1v) is 29.6. The van der Waals surface area contributed by atoms with Crippen molar-refractivity contribution in [3.8, 4) is 17.0 Å². The number of carbonyl (C=O) groups excluding carboxylic acids is 14. The summed E-state index contributed by atoms with van der Waals surface area (Å²) in [6.45, 7) is 0.689. The van der Waals surface area contributed by atoms with Crippen LogP contribution in [-0.4, -0.2) is 220 Å². The molecule has 0 radical (unpaired) electrons. The van der Waals surface area contributed by atoms with Gasteiger partial charge in [-0.05, 0) is 83.9 Å². The van der Waals surface area contributed by atoms with Crippen LogP contribution in [0, 0.1) is 0 Å². The maximum atomic E-state index is 14.1. The van der Waals surface area contributed by atoms with Gasteiger partial charge in [-0.15, -0.1) is 0 Å². The number of pyridine rings is 1. The number of unbranched alkanes of at least 4 members (excludes halogenated alkanes) is 1. The minimum Gasteiger partial charge on any atom is -0.504 e. The van der Waals surface area contributed by atoms with E-state index in [0.717, 1.165) is 12.1 Å². The monoisotopic (exact) mass is 1300 g/mol. The Balaban J connectivity index is 1.17. The highest BCUT2D eigenvalue weighted by Crippen LogP contribution is 2.40. The molecule has 0 aromatic heterocycles. The molecule has 22 N–H and O–H groups in total. The maximum Gasteiger partial charge on any atom is 0.266 e. The zero-order chi connectivity index (χ0) is 68.1. The summed E-state index contributed by atoms with van der Waals surface area (Å²) in [5.41, 5.74) is 21.4. The number of phenolic OH excluding ortho intramolecular Hbond substituents is 1. The average Bonchev–Trinajstić information content (AvgIpc) is 0.753. The fourth-order valence-electron chi connectivity index (χ4n) is 9.98. The van der Waals surface area contributed by atoms with Crippen LogP contribution in [0.5, 0.6) is 5.75 Å². The van der Waals surface area contributed by atoms with Crippen molar-refractivity contribution >= 4 is 100 Å². The summed E-state index contributed by atoms with van der Waals surface area (Å²) >= 11 is 0. The number of likely N-dealkylation sites (N-methyl/N-ethyl adjacent to an activating group) is 1. The lowest BCUT2D eigenvalue weighted by atomic mass is 10.0. The van der Waals surface area contributed by atoms with Gasteiger partial charge >= 0.3 is 0 Å². The van der Waals surface area contributed by atoms with Crippen LogP contribution in [0.4, 0.5) is 11.5 Å². The number of aliphatic hydroxyl groups excluding tert-OH is 1. The standard InChI is InChI=1S/C55H81N19O18/c1-26(49(85)70-32-8-6-18-72(3)55(32)91)64-52(88)34(25-75)71-51(87)31-13-16-60-46(67-31)29(9-10-40(57)78)68-54(90)37(22-42(59)80)74(92)45(83)24-62-44(82)23-63-50(86)30(7-4-5-15-56)69-48(84)27(2)65-53(89)35-14-17-61-47-33(66-43(81)12-11-41(58)79)19-28-20-38(76)39(77)21-36(28)73(35)47/h19-21,26-27,29-32,34-35,37,61,75-76,92H,4-18,22-25,56H2,1-3H3,(H2,57,78)(H2,58,79)(H2,59,80)(H,60,67)(H,62,82)(H,63,86)(H,64,88)(H,65,89)(H,66,81)(H,68,90)(H,69,84)(H,70,85)(H,71,87). The molecular formula is C55H81N19O18. The van der Waals surface area contributed by atoms with E-state index in [2.05, 4.69) is 63.5 Å². The van der Waals surface area contributed by atoms with Gasteiger partial charge in [0.25, 0.3) is 5.91 Å². The Morgan fingerprint density at radius 2 is 1.45 bits per heavy atom. The van der Waals surface area contributed by atoms with E-state index in [0.29, 0.717) is 32.2 Å². The number of primary amides is 3. The number of hydroxylamine groups is 2. The first-order valence-electron chi connectivity index (χ1n) is 29.6. The molecule has 9 unspecified atom stereocenters. The van der Waals surface area contributed by atoms with Gasteiger partial charge in [0, 0.05) is 57.6 Å². The molecule has 92 heavy (non-hydrogen) atoms. The molecule has 0 aromatic carbocycles. The van der Waals surface area contributed by atoms with Crippen molar-refractivity contribution in [3.05, 3.63) is 28.4 Å². The molecule has 1 aliphatic carbocycles. The van der Waals surface area contributed by atoms with E-state index in [1.54, 1.807) is 7.05 Å². The lowest BCUT2D eigenvalue weighted by Crippen LogP contribution is -2.61. The minimum atomic E-state index is -2.09. The SMILES string of the molecule is CC(NC(=O)C(CO)NC(=O)C1CCN=C(C(CCC(N)=O)NC(=O)C(CC(N)=O)N(O)C(=O)CNC(=O)CNC(=O)C(CCCCN)NC(=O)C(C)NC(=O)C2CCNc3c(NC(=O)CCC(N)=O)cc4cc(O)c(=O)cc-4n32)N1)C(=O)NC1CCCN(C)C1=O. The van der Waals surface area contributed by atoms with E-state index in [9.17, 15) is 87.3 Å². The Morgan fingerprint density at radius 3 is 2.12 bits per heavy atom. The number of nitrogens with two attached hydrogens (primary N) is 4. The van der Waals surface area contributed by atoms with Gasteiger partial charge in [0.1, 0.15) is 60.0 Å². The number of hydrogen-bond acceptors (Lipinski definition) is 22. The Labute approximate surface area is 525 Å². The number of aliphatic hydroxyl groups is 1. The number of benzene rings is 1. The molecule has 37 heteroatoms. The molecule has 14 amide bonds. The molecule has 504 valence electrons. The molecule has 0 aromatic rings. The third-order valence-corrected chi connectivity index (χ3v) is 15.0. The lowest BCUT2D eigenvalue weighted by Gasteiger charge is -2.34. The van der Waals surface area contributed by atoms with Gasteiger partial charge in [0.05, 0.1) is 43.5 Å². The first kappa shape index (κ1) is 72.7. The zero-order valence-electron chi connectivity index (χ0n) is 50.9. The number of likely N-dealkylation sites (tertiary alicyclic amines) is 1. The van der Waals surface area contributed by atoms with E-state index in [4.69, 9.17) is 22.9 Å². The van der Waals surface area contributed by atoms with Crippen LogP contribution in [0.3, 0.4) is 0 Å². The van der Waals surface area contributed by atoms with Crippen molar-refractivity contribution in [2.45, 2.75) is 145 Å². The van der Waals surface area contributed by atoms with Gasteiger partial charge in [-0.25, -0.2) is 5.06 Å². The highest BCUT2D eigenvalue weighted by molar-refractivity contribution is 6.01. The quantitative estimate of drug-likeness (QED) is 0.0179. The minimum absolute atomic E-state index is 0.00732. The fraction of sp³-hybridized carbons (Fsp3) is 0.564. The summed E-state index contributed by atoms with van der Waals surface area (Å²) in [7, 11) is 1.59. The summed E-state index contributed by atoms with van der Waals surface area (Å²) in [5, 5.41) is 59.1. The van der Waals surface area contributed by atoms with Crippen molar-refractivity contribution in [1.29, 1.82) is 0 Å². The van der Waals surface area contributed by atoms with Crippen molar-refractivity contribution in [1.82, 2.24) is 62.4 Å². The van der Waals surface area contributed by atoms with Crippen LogP contribution in [0.2, 0.25) is 0 Å². The van der Waals surface area contributed by atoms with Crippen LogP contribution >= 0.6 is 0 Å². The van der Waals surface area contributed by atoms with Crippen LogP contribution in [0.1, 0.15) is 96.9 Å². The second-order valence-corrected chi connectivity index (χ2v) is 22.2. The van der Waals surface area contributed by atoms with E-state index in [-0.39, 0.29) is 97.7 Å². The molecule has 0 saturated carbocycles. The third kappa shape index (κ3) is 20.8. The lowest BCUT2D eigenvalue weighted by molar-refractivity contribution is -0.180. The summed E-state index contributed by atoms with van der Waals surface area (Å²) in [6.07, 6.45) is -0.442. The van der Waals surface area contributed by atoms with Gasteiger partial charge in [0.15, 0.2) is 5.75 Å². The Kier molecular flexibility index (Phi) is 27.1. The van der Waals surface area contributed by atoms with E-state index in [1.165, 1.54) is 29.4 Å². The van der Waals surface area contributed by atoms with Crippen molar-refractivity contribution in [2.75, 3.05) is 63.6 Å². The number of amides is 14. The summed E-state index contributed by atoms with van der Waals surface area (Å²) in [4.78, 5) is 200. The molecule has 9 atom stereocenters. The Morgan fingerprint density at radius 1 is 0.739 bits per heavy atom. The van der Waals surface area contributed by atoms with Crippen molar-refractivity contribution < 1.29 is 82.5 Å². The first-order chi connectivity index (χ1) is 43.5. The van der Waals surface area contributed by atoms with E-state index in [1.807, 2.05) is 0 Å². The molecule has 5 rings (SSSR count). The number of aliphatic imine (C=N–C) groups is 1. The number of phenols is 1. The number of amidine groups is 1. The van der Waals surface area contributed by atoms with E-state index < -0.39 is 175 Å². The van der Waals surface area contributed by atoms with E-state index >= 15 is 0 Å². The number of fused-ring (bicyclic) bond motifs is 3. The van der Waals surface area contributed by atoms with Crippen LogP contribution in [0.25, 0.3) is 11.3 Å². The smallest absolute Gasteiger partial charge is 0.266 e. The highest BCUT2D eigenvalue weighted by Gasteiger charge is 2.38. The summed E-state index contributed by atoms with van der Waals surface area (Å²) in [6, 6.07) is -8.30. The second kappa shape index (κ2) is 34.2. The van der Waals surface area contributed by atoms with Gasteiger partial charge in [-0.3, -0.25) is 82.1 Å². The number of hydrogen-bond donors (Lipinski definition) is 18. The number of anilines is 2. The number of carbonyl (C=O) groups is 14. The summed E-state index contributed by atoms with van der Waals surface area (Å²) < 4.78 is 1.42. The number of aromatic nitrogens is 1. The topological polar surface area (TPSA) is 577 Å². The molecule has 1 saturated heterocycles. The molecule has 37 nitrogen and oxygen atoms in total. The number of rotatable bonds is 33. The molecule has 0 bridgehead atoms. The number of nitrogens with zero attached hydrogens (tertiary/aromatic N) is 4. The summed E-state index contributed by atoms with van der Waals surface area (Å²) in [5.74, 6) is -12.9. The van der Waals surface area contributed by atoms with Crippen molar-refractivity contribution in [2.24, 2.45) is 27.9 Å². The number of piperidine rings is 1. The van der Waals surface area contributed by atoms with Gasteiger partial charge in [-0.1, -0.05) is 0 Å². The highest BCUT2D eigenvalue weighted by atomic mass is 16.5. The molecule has 5 aliphatic rings. The van der Waals surface area contributed by atoms with Crippen LogP contribution < -0.4 is 86.8 Å². The number of nitrogens with one attached hydrogen (secondary N) is 11. The van der Waals surface area contributed by atoms with Crippen LogP contribution in [0.15, 0.2) is 28.0 Å². The molecule has 4 heterocycles. The number of aromatic hydroxyl groups is 1. The molecule has 4 aliphatic heterocycles. The molecule has 0 spiro atoms. The van der Waals surface area contributed by atoms with Crippen LogP contribution in [-0.2, 0) is 67.1 Å². The van der Waals surface area contributed by atoms with Crippen molar-refractivity contribution in [3.63, 3.8) is 0 Å². The predicted molar refractivity (Wildman–Crippen MR) is 323 cm³/mol. The van der Waals surface area contributed by atoms with Gasteiger partial charge in [-0.2, -0.15) is 0 Å². The normalized spacial score (nSPS) is 17.9. The third-order valence-electron chi connectivity index (χ3n) is 15.0. The Bertz CT molecular complexity index is 3190. The molecular weight excluding hydrogens is 1210 g/mol. The molecule has 1 fully saturated rings. The fourth-order valence-corrected chi connectivity index (χ4v) is 9.98. The zero-order valence-corrected chi connectivity index (χ0v) is 50.9. The second-order valence-electron chi connectivity index (χ2n) is 22.2. The predicted octanol–water partition coefficient (Wildman–Crippen LogP) is -7.74. The maximum absolute atomic E-state index is 14.1. The largest absolute Gasteiger partial charge is 0.504 e. The Hall–Kier alpha value is -10.0. The van der Waals surface area contributed by atoms with Gasteiger partial charge < -0.3 is 101 Å².